The summed E-state index contributed by atoms with van der Waals surface area (Å²) in [6, 6.07) is 18.2. The maximum absolute atomic E-state index is 12.9. The highest BCUT2D eigenvalue weighted by Crippen LogP contribution is 2.31. The standard InChI is InChI=1S/C28H34N6O2/c1-32-17-19-33(20-18-32)24-9-7-22(8-10-24)21-31-27(35)23-11-15-34(16-12-23)26-28(30-14-13-29-26)36-25-5-3-2-4-6-25/h2-10,13-14,23H,11-12,15-21H2,1H3,(H,31,35). The SMILES string of the molecule is CN1CCN(c2ccc(CNC(=O)C3CCN(c4nccnc4Oc4ccccc4)CC3)cc2)CC1. The van der Waals surface area contributed by atoms with E-state index in [9.17, 15) is 4.79 Å². The van der Waals surface area contributed by atoms with Gasteiger partial charge in [0.2, 0.25) is 5.91 Å². The fraction of sp³-hybridized carbons (Fsp3) is 0.393. The van der Waals surface area contributed by atoms with E-state index in [0.717, 1.165) is 69.2 Å². The van der Waals surface area contributed by atoms with Crippen molar-refractivity contribution in [3.63, 3.8) is 0 Å². The number of para-hydroxylation sites is 1. The molecule has 2 aromatic carbocycles. The highest BCUT2D eigenvalue weighted by Gasteiger charge is 2.27. The number of benzene rings is 2. The number of hydrogen-bond acceptors (Lipinski definition) is 7. The van der Waals surface area contributed by atoms with Gasteiger partial charge in [-0.25, -0.2) is 9.97 Å². The maximum Gasteiger partial charge on any atom is 0.263 e. The van der Waals surface area contributed by atoms with E-state index in [1.165, 1.54) is 5.69 Å². The van der Waals surface area contributed by atoms with Crippen LogP contribution >= 0.6 is 0 Å². The van der Waals surface area contributed by atoms with Crippen LogP contribution in [0.2, 0.25) is 0 Å². The van der Waals surface area contributed by atoms with Gasteiger partial charge < -0.3 is 24.8 Å². The number of nitrogens with zero attached hydrogens (tertiary/aromatic N) is 5. The van der Waals surface area contributed by atoms with Gasteiger partial charge in [-0.1, -0.05) is 30.3 Å². The molecule has 36 heavy (non-hydrogen) atoms. The lowest BCUT2D eigenvalue weighted by Gasteiger charge is -2.34. The molecule has 0 spiro atoms. The summed E-state index contributed by atoms with van der Waals surface area (Å²) in [6.45, 7) is 6.33. The second kappa shape index (κ2) is 11.4. The van der Waals surface area contributed by atoms with Crippen molar-refractivity contribution in [2.24, 2.45) is 5.92 Å². The second-order valence-corrected chi connectivity index (χ2v) is 9.54. The largest absolute Gasteiger partial charge is 0.436 e. The minimum atomic E-state index is 0.000950. The number of likely N-dealkylation sites (N-methyl/N-ethyl adjacent to an activating group) is 1. The molecule has 2 saturated heterocycles. The number of hydrogen-bond donors (Lipinski definition) is 1. The van der Waals surface area contributed by atoms with Crippen LogP contribution in [-0.4, -0.2) is 67.1 Å². The third-order valence-electron chi connectivity index (χ3n) is 7.04. The van der Waals surface area contributed by atoms with Crippen LogP contribution in [0.4, 0.5) is 11.5 Å². The minimum Gasteiger partial charge on any atom is -0.436 e. The van der Waals surface area contributed by atoms with Gasteiger partial charge in [0.15, 0.2) is 5.82 Å². The molecule has 1 amide bonds. The van der Waals surface area contributed by atoms with Gasteiger partial charge in [-0.2, -0.15) is 0 Å². The number of carbonyl (C=O) groups is 1. The molecule has 2 aliphatic heterocycles. The minimum absolute atomic E-state index is 0.000950. The summed E-state index contributed by atoms with van der Waals surface area (Å²) in [7, 11) is 2.17. The molecule has 5 rings (SSSR count). The van der Waals surface area contributed by atoms with E-state index in [1.54, 1.807) is 12.4 Å². The molecule has 3 heterocycles. The van der Waals surface area contributed by atoms with Crippen molar-refractivity contribution in [1.82, 2.24) is 20.2 Å². The van der Waals surface area contributed by atoms with E-state index >= 15 is 0 Å². The van der Waals surface area contributed by atoms with Crippen LogP contribution < -0.4 is 19.9 Å². The Kier molecular flexibility index (Phi) is 7.61. The van der Waals surface area contributed by atoms with Crippen molar-refractivity contribution in [2.75, 3.05) is 56.1 Å². The quantitative estimate of drug-likeness (QED) is 0.547. The predicted octanol–water partition coefficient (Wildman–Crippen LogP) is 3.55. The molecule has 0 atom stereocenters. The first-order chi connectivity index (χ1) is 17.7. The molecule has 0 saturated carbocycles. The highest BCUT2D eigenvalue weighted by atomic mass is 16.5. The van der Waals surface area contributed by atoms with Gasteiger partial charge in [-0.15, -0.1) is 0 Å². The van der Waals surface area contributed by atoms with Gasteiger partial charge >= 0.3 is 0 Å². The van der Waals surface area contributed by atoms with Crippen LogP contribution in [0.15, 0.2) is 67.0 Å². The van der Waals surface area contributed by atoms with Crippen molar-refractivity contribution in [2.45, 2.75) is 19.4 Å². The number of nitrogens with one attached hydrogen (secondary N) is 1. The summed E-state index contributed by atoms with van der Waals surface area (Å²) in [6.07, 6.45) is 4.87. The number of carbonyl (C=O) groups excluding carboxylic acids is 1. The fourth-order valence-electron chi connectivity index (χ4n) is 4.78. The lowest BCUT2D eigenvalue weighted by Crippen LogP contribution is -2.44. The number of rotatable bonds is 7. The number of amides is 1. The third kappa shape index (κ3) is 5.94. The second-order valence-electron chi connectivity index (χ2n) is 9.54. The van der Waals surface area contributed by atoms with E-state index in [0.29, 0.717) is 12.4 Å². The molecule has 2 aliphatic rings. The van der Waals surface area contributed by atoms with Crippen LogP contribution in [0, 0.1) is 5.92 Å². The third-order valence-corrected chi connectivity index (χ3v) is 7.04. The average molecular weight is 487 g/mol. The topological polar surface area (TPSA) is 73.8 Å². The zero-order valence-corrected chi connectivity index (χ0v) is 20.8. The first kappa shape index (κ1) is 24.1. The lowest BCUT2D eigenvalue weighted by atomic mass is 9.96. The molecule has 1 aromatic heterocycles. The first-order valence-electron chi connectivity index (χ1n) is 12.7. The molecule has 188 valence electrons. The van der Waals surface area contributed by atoms with Gasteiger partial charge in [0.05, 0.1) is 0 Å². The van der Waals surface area contributed by atoms with Gasteiger partial charge in [-0.3, -0.25) is 4.79 Å². The van der Waals surface area contributed by atoms with Crippen LogP contribution in [0.5, 0.6) is 11.6 Å². The Morgan fingerprint density at radius 2 is 1.58 bits per heavy atom. The molecule has 0 unspecified atom stereocenters. The van der Waals surface area contributed by atoms with Crippen molar-refractivity contribution < 1.29 is 9.53 Å². The van der Waals surface area contributed by atoms with E-state index < -0.39 is 0 Å². The van der Waals surface area contributed by atoms with Crippen LogP contribution in [-0.2, 0) is 11.3 Å². The lowest BCUT2D eigenvalue weighted by molar-refractivity contribution is -0.125. The van der Waals surface area contributed by atoms with E-state index in [4.69, 9.17) is 4.74 Å². The number of ether oxygens (including phenoxy) is 1. The molecule has 1 N–H and O–H groups in total. The normalized spacial score (nSPS) is 17.1. The van der Waals surface area contributed by atoms with Crippen LogP contribution in [0.1, 0.15) is 18.4 Å². The average Bonchev–Trinajstić information content (AvgIpc) is 2.93. The Labute approximate surface area is 212 Å². The Hall–Kier alpha value is -3.65. The highest BCUT2D eigenvalue weighted by molar-refractivity contribution is 5.79. The van der Waals surface area contributed by atoms with Crippen molar-refractivity contribution in [1.29, 1.82) is 0 Å². The maximum atomic E-state index is 12.9. The molecular weight excluding hydrogens is 452 g/mol. The Morgan fingerprint density at radius 1 is 0.889 bits per heavy atom. The van der Waals surface area contributed by atoms with E-state index in [-0.39, 0.29) is 11.8 Å². The molecule has 0 radical (unpaired) electrons. The molecule has 3 aromatic rings. The zero-order chi connectivity index (χ0) is 24.7. The summed E-state index contributed by atoms with van der Waals surface area (Å²) >= 11 is 0. The number of anilines is 2. The van der Waals surface area contributed by atoms with E-state index in [1.807, 2.05) is 30.3 Å². The number of piperidine rings is 1. The van der Waals surface area contributed by atoms with Crippen LogP contribution in [0.3, 0.4) is 0 Å². The number of aromatic nitrogens is 2. The Morgan fingerprint density at radius 3 is 2.31 bits per heavy atom. The Balaban J connectivity index is 1.11. The molecule has 0 bridgehead atoms. The Bertz CT molecular complexity index is 1120. The summed E-state index contributed by atoms with van der Waals surface area (Å²) < 4.78 is 5.98. The van der Waals surface area contributed by atoms with Gasteiger partial charge in [0, 0.05) is 69.8 Å². The van der Waals surface area contributed by atoms with Crippen LogP contribution in [0.25, 0.3) is 0 Å². The first-order valence-corrected chi connectivity index (χ1v) is 12.7. The van der Waals surface area contributed by atoms with Gasteiger partial charge in [0.1, 0.15) is 5.75 Å². The summed E-state index contributed by atoms with van der Waals surface area (Å²) in [5, 5.41) is 3.14. The predicted molar refractivity (Wildman–Crippen MR) is 141 cm³/mol. The molecule has 2 fully saturated rings. The van der Waals surface area contributed by atoms with Gasteiger partial charge in [-0.05, 0) is 49.7 Å². The summed E-state index contributed by atoms with van der Waals surface area (Å²) in [5.74, 6) is 2.07. The molecule has 8 nitrogen and oxygen atoms in total. The zero-order valence-electron chi connectivity index (χ0n) is 20.8. The van der Waals surface area contributed by atoms with E-state index in [2.05, 4.69) is 61.3 Å². The van der Waals surface area contributed by atoms with Crippen molar-refractivity contribution >= 4 is 17.4 Å². The monoisotopic (exact) mass is 486 g/mol. The number of piperazine rings is 1. The smallest absolute Gasteiger partial charge is 0.263 e. The molecule has 0 aliphatic carbocycles. The summed E-state index contributed by atoms with van der Waals surface area (Å²) in [5.41, 5.74) is 2.38. The van der Waals surface area contributed by atoms with Gasteiger partial charge in [0.25, 0.3) is 5.88 Å². The van der Waals surface area contributed by atoms with Crippen molar-refractivity contribution in [3.8, 4) is 11.6 Å². The molecular formula is C28H34N6O2. The summed E-state index contributed by atoms with van der Waals surface area (Å²) in [4.78, 5) is 28.7. The molecule has 8 heteroatoms. The van der Waals surface area contributed by atoms with Crippen molar-refractivity contribution in [3.05, 3.63) is 72.6 Å². The fourth-order valence-corrected chi connectivity index (χ4v) is 4.78.